The van der Waals surface area contributed by atoms with E-state index in [0.29, 0.717) is 6.04 Å². The fourth-order valence-electron chi connectivity index (χ4n) is 1.69. The van der Waals surface area contributed by atoms with Crippen LogP contribution in [-0.2, 0) is 0 Å². The molecular formula is C12H12BrN3. The van der Waals surface area contributed by atoms with E-state index in [1.807, 2.05) is 25.1 Å². The van der Waals surface area contributed by atoms with Gasteiger partial charge in [-0.3, -0.25) is 0 Å². The molecule has 1 aromatic carbocycles. The number of hydrogen-bond acceptors (Lipinski definition) is 3. The number of hydrogen-bond donors (Lipinski definition) is 1. The highest BCUT2D eigenvalue weighted by Gasteiger charge is 2.22. The van der Waals surface area contributed by atoms with Gasteiger partial charge in [-0.2, -0.15) is 0 Å². The van der Waals surface area contributed by atoms with Crippen LogP contribution in [0.15, 0.2) is 22.7 Å². The van der Waals surface area contributed by atoms with Gasteiger partial charge in [-0.05, 0) is 47.8 Å². The zero-order valence-corrected chi connectivity index (χ0v) is 10.6. The monoisotopic (exact) mass is 277 g/mol. The maximum absolute atomic E-state index is 4.63. The lowest BCUT2D eigenvalue weighted by Gasteiger charge is -2.08. The molecule has 0 spiro atoms. The molecule has 0 amide bonds. The molecule has 0 saturated heterocycles. The molecule has 1 N–H and O–H groups in total. The second kappa shape index (κ2) is 3.70. The van der Waals surface area contributed by atoms with E-state index < -0.39 is 0 Å². The van der Waals surface area contributed by atoms with E-state index in [2.05, 4.69) is 31.2 Å². The summed E-state index contributed by atoms with van der Waals surface area (Å²) in [6.45, 7) is 2.00. The van der Waals surface area contributed by atoms with Gasteiger partial charge in [0.05, 0.1) is 11.2 Å². The maximum Gasteiger partial charge on any atom is 0.148 e. The smallest absolute Gasteiger partial charge is 0.148 e. The number of benzene rings is 1. The Labute approximate surface area is 102 Å². The Bertz CT molecular complexity index is 549. The molecule has 0 radical (unpaired) electrons. The molecule has 1 fully saturated rings. The number of halogens is 1. The van der Waals surface area contributed by atoms with Gasteiger partial charge in [0.15, 0.2) is 0 Å². The van der Waals surface area contributed by atoms with Crippen molar-refractivity contribution in [3.05, 3.63) is 28.4 Å². The van der Waals surface area contributed by atoms with Gasteiger partial charge in [-0.1, -0.05) is 6.07 Å². The van der Waals surface area contributed by atoms with E-state index in [1.54, 1.807) is 0 Å². The molecule has 3 rings (SSSR count). The van der Waals surface area contributed by atoms with Crippen molar-refractivity contribution in [3.63, 3.8) is 0 Å². The standard InChI is InChI=1S/C12H12BrN3/c1-7-12(15-8-5-6-8)16-11-9(13)3-2-4-10(11)14-7/h2-4,8H,5-6H2,1H3,(H,15,16). The second-order valence-electron chi connectivity index (χ2n) is 4.18. The summed E-state index contributed by atoms with van der Waals surface area (Å²) in [4.78, 5) is 9.20. The molecule has 0 atom stereocenters. The first-order valence-corrected chi connectivity index (χ1v) is 6.23. The van der Waals surface area contributed by atoms with Crippen LogP contribution < -0.4 is 5.32 Å². The topological polar surface area (TPSA) is 37.8 Å². The number of anilines is 1. The summed E-state index contributed by atoms with van der Waals surface area (Å²) in [6.07, 6.45) is 2.49. The molecule has 1 saturated carbocycles. The van der Waals surface area contributed by atoms with Crippen molar-refractivity contribution < 1.29 is 0 Å². The summed E-state index contributed by atoms with van der Waals surface area (Å²) in [5.74, 6) is 0.918. The largest absolute Gasteiger partial charge is 0.366 e. The minimum Gasteiger partial charge on any atom is -0.366 e. The zero-order chi connectivity index (χ0) is 11.1. The summed E-state index contributed by atoms with van der Waals surface area (Å²) in [5.41, 5.74) is 2.84. The predicted octanol–water partition coefficient (Wildman–Crippen LogP) is 3.28. The Morgan fingerprint density at radius 3 is 2.88 bits per heavy atom. The molecule has 0 unspecified atom stereocenters. The van der Waals surface area contributed by atoms with Crippen LogP contribution in [0.5, 0.6) is 0 Å². The lowest BCUT2D eigenvalue weighted by atomic mass is 10.3. The van der Waals surface area contributed by atoms with Crippen LogP contribution in [0.1, 0.15) is 18.5 Å². The molecule has 1 aliphatic carbocycles. The zero-order valence-electron chi connectivity index (χ0n) is 9.00. The van der Waals surface area contributed by atoms with Crippen molar-refractivity contribution in [2.24, 2.45) is 0 Å². The minimum atomic E-state index is 0.605. The van der Waals surface area contributed by atoms with Gasteiger partial charge in [-0.15, -0.1) is 0 Å². The highest BCUT2D eigenvalue weighted by Crippen LogP contribution is 2.28. The van der Waals surface area contributed by atoms with E-state index in [1.165, 1.54) is 12.8 Å². The Morgan fingerprint density at radius 2 is 2.12 bits per heavy atom. The van der Waals surface area contributed by atoms with E-state index in [9.17, 15) is 0 Å². The minimum absolute atomic E-state index is 0.605. The third-order valence-electron chi connectivity index (χ3n) is 2.74. The number of aryl methyl sites for hydroxylation is 1. The summed E-state index contributed by atoms with van der Waals surface area (Å²) in [5, 5.41) is 3.41. The molecule has 1 aliphatic rings. The molecule has 4 heteroatoms. The van der Waals surface area contributed by atoms with Gasteiger partial charge in [0.1, 0.15) is 11.3 Å². The molecule has 16 heavy (non-hydrogen) atoms. The first-order chi connectivity index (χ1) is 7.74. The quantitative estimate of drug-likeness (QED) is 0.916. The van der Waals surface area contributed by atoms with Gasteiger partial charge in [-0.25, -0.2) is 9.97 Å². The number of nitrogens with one attached hydrogen (secondary N) is 1. The van der Waals surface area contributed by atoms with Crippen molar-refractivity contribution in [1.29, 1.82) is 0 Å². The van der Waals surface area contributed by atoms with Crippen molar-refractivity contribution in [1.82, 2.24) is 9.97 Å². The van der Waals surface area contributed by atoms with E-state index in [-0.39, 0.29) is 0 Å². The molecule has 0 bridgehead atoms. The van der Waals surface area contributed by atoms with Crippen molar-refractivity contribution in [3.8, 4) is 0 Å². The Hall–Kier alpha value is -1.16. The lowest BCUT2D eigenvalue weighted by Crippen LogP contribution is -2.06. The van der Waals surface area contributed by atoms with Gasteiger partial charge in [0.25, 0.3) is 0 Å². The van der Waals surface area contributed by atoms with Gasteiger partial charge < -0.3 is 5.32 Å². The van der Waals surface area contributed by atoms with Crippen LogP contribution in [0, 0.1) is 6.92 Å². The van der Waals surface area contributed by atoms with Gasteiger partial charge >= 0.3 is 0 Å². The normalized spacial score (nSPS) is 15.4. The highest BCUT2D eigenvalue weighted by atomic mass is 79.9. The van der Waals surface area contributed by atoms with Crippen molar-refractivity contribution in [2.75, 3.05) is 5.32 Å². The van der Waals surface area contributed by atoms with Crippen LogP contribution in [0.25, 0.3) is 11.0 Å². The average molecular weight is 278 g/mol. The van der Waals surface area contributed by atoms with Crippen molar-refractivity contribution >= 4 is 32.8 Å². The van der Waals surface area contributed by atoms with Crippen LogP contribution in [0.3, 0.4) is 0 Å². The molecule has 0 aliphatic heterocycles. The predicted molar refractivity (Wildman–Crippen MR) is 68.6 cm³/mol. The number of aromatic nitrogens is 2. The molecule has 3 nitrogen and oxygen atoms in total. The first-order valence-electron chi connectivity index (χ1n) is 5.43. The molecule has 2 aromatic rings. The molecule has 1 heterocycles. The summed E-state index contributed by atoms with van der Waals surface area (Å²) < 4.78 is 0.997. The molecule has 82 valence electrons. The number of nitrogens with zero attached hydrogens (tertiary/aromatic N) is 2. The van der Waals surface area contributed by atoms with Crippen LogP contribution in [0.2, 0.25) is 0 Å². The SMILES string of the molecule is Cc1nc2cccc(Br)c2nc1NC1CC1. The third-order valence-corrected chi connectivity index (χ3v) is 3.38. The van der Waals surface area contributed by atoms with E-state index in [4.69, 9.17) is 0 Å². The summed E-state index contributed by atoms with van der Waals surface area (Å²) in [6, 6.07) is 6.57. The Balaban J connectivity index is 2.14. The lowest BCUT2D eigenvalue weighted by molar-refractivity contribution is 1.08. The fourth-order valence-corrected chi connectivity index (χ4v) is 2.13. The molecule has 1 aromatic heterocycles. The third kappa shape index (κ3) is 1.78. The van der Waals surface area contributed by atoms with Crippen LogP contribution in [-0.4, -0.2) is 16.0 Å². The number of fused-ring (bicyclic) bond motifs is 1. The van der Waals surface area contributed by atoms with E-state index in [0.717, 1.165) is 27.0 Å². The number of para-hydroxylation sites is 1. The fraction of sp³-hybridized carbons (Fsp3) is 0.333. The first kappa shape index (κ1) is 10.0. The van der Waals surface area contributed by atoms with Gasteiger partial charge in [0, 0.05) is 10.5 Å². The Morgan fingerprint density at radius 1 is 1.31 bits per heavy atom. The maximum atomic E-state index is 4.63. The summed E-state index contributed by atoms with van der Waals surface area (Å²) >= 11 is 3.51. The van der Waals surface area contributed by atoms with Crippen LogP contribution >= 0.6 is 15.9 Å². The Kier molecular flexibility index (Phi) is 2.32. The van der Waals surface area contributed by atoms with Crippen molar-refractivity contribution in [2.45, 2.75) is 25.8 Å². The number of rotatable bonds is 2. The molecular weight excluding hydrogens is 266 g/mol. The van der Waals surface area contributed by atoms with Crippen LogP contribution in [0.4, 0.5) is 5.82 Å². The second-order valence-corrected chi connectivity index (χ2v) is 5.04. The average Bonchev–Trinajstić information content (AvgIpc) is 3.04. The highest BCUT2D eigenvalue weighted by molar-refractivity contribution is 9.10. The summed E-state index contributed by atoms with van der Waals surface area (Å²) in [7, 11) is 0. The van der Waals surface area contributed by atoms with E-state index >= 15 is 0 Å². The van der Waals surface area contributed by atoms with Gasteiger partial charge in [0.2, 0.25) is 0 Å².